The topological polar surface area (TPSA) is 50.2 Å². The highest BCUT2D eigenvalue weighted by molar-refractivity contribution is 5.75. The van der Waals surface area contributed by atoms with Crippen molar-refractivity contribution < 1.29 is 9.90 Å². The van der Waals surface area contributed by atoms with E-state index in [0.717, 1.165) is 11.3 Å². The lowest BCUT2D eigenvalue weighted by atomic mass is 10.0. The Balaban J connectivity index is 2.89. The van der Waals surface area contributed by atoms with Crippen molar-refractivity contribution in [3.8, 4) is 0 Å². The number of hydrogen-bond donors (Lipinski definition) is 1. The Morgan fingerprint density at radius 3 is 2.67 bits per heavy atom. The van der Waals surface area contributed by atoms with E-state index in [4.69, 9.17) is 5.11 Å². The van der Waals surface area contributed by atoms with Crippen LogP contribution in [-0.4, -0.2) is 16.1 Å². The van der Waals surface area contributed by atoms with E-state index in [1.54, 1.807) is 19.2 Å². The van der Waals surface area contributed by atoms with E-state index in [9.17, 15) is 4.79 Å². The first-order valence-corrected chi connectivity index (χ1v) is 3.76. The summed E-state index contributed by atoms with van der Waals surface area (Å²) in [5, 5.41) is 8.68. The van der Waals surface area contributed by atoms with Crippen LogP contribution in [0.25, 0.3) is 0 Å². The molecule has 3 nitrogen and oxygen atoms in total. The van der Waals surface area contributed by atoms with E-state index in [1.807, 2.05) is 13.0 Å². The molecular formula is C9H11NO2. The van der Waals surface area contributed by atoms with Gasteiger partial charge in [0.25, 0.3) is 0 Å². The molecule has 0 aliphatic carbocycles. The molecular weight excluding hydrogens is 154 g/mol. The number of carboxylic acids is 1. The second-order valence-corrected chi connectivity index (χ2v) is 2.79. The lowest BCUT2D eigenvalue weighted by Crippen LogP contribution is -2.07. The zero-order valence-electron chi connectivity index (χ0n) is 7.11. The number of nitrogens with zero attached hydrogens (tertiary/aromatic N) is 1. The maximum atomic E-state index is 10.6. The van der Waals surface area contributed by atoms with Gasteiger partial charge in [0.15, 0.2) is 0 Å². The van der Waals surface area contributed by atoms with Gasteiger partial charge in [0.1, 0.15) is 0 Å². The van der Waals surface area contributed by atoms with Gasteiger partial charge in [-0.15, -0.1) is 0 Å². The van der Waals surface area contributed by atoms with Crippen LogP contribution in [-0.2, 0) is 4.79 Å². The van der Waals surface area contributed by atoms with E-state index in [-0.39, 0.29) is 0 Å². The molecule has 1 atom stereocenters. The van der Waals surface area contributed by atoms with Crippen LogP contribution < -0.4 is 0 Å². The molecule has 1 N–H and O–H groups in total. The molecule has 0 unspecified atom stereocenters. The van der Waals surface area contributed by atoms with Crippen molar-refractivity contribution in [3.63, 3.8) is 0 Å². The minimum absolute atomic E-state index is 0.474. The molecule has 0 spiro atoms. The first-order chi connectivity index (χ1) is 5.61. The lowest BCUT2D eigenvalue weighted by molar-refractivity contribution is -0.138. The molecule has 3 heteroatoms. The Bertz CT molecular complexity index is 279. The van der Waals surface area contributed by atoms with Gasteiger partial charge in [-0.2, -0.15) is 0 Å². The third-order valence-electron chi connectivity index (χ3n) is 1.80. The predicted octanol–water partition coefficient (Wildman–Crippen LogP) is 1.58. The number of hydrogen-bond acceptors (Lipinski definition) is 2. The summed E-state index contributed by atoms with van der Waals surface area (Å²) in [4.78, 5) is 14.6. The molecule has 1 rings (SSSR count). The van der Waals surface area contributed by atoms with Crippen LogP contribution in [0.4, 0.5) is 0 Å². The summed E-state index contributed by atoms with van der Waals surface area (Å²) in [6.07, 6.45) is 1.61. The third kappa shape index (κ3) is 1.81. The molecule has 0 aliphatic heterocycles. The zero-order valence-corrected chi connectivity index (χ0v) is 7.11. The molecule has 1 aromatic heterocycles. The third-order valence-corrected chi connectivity index (χ3v) is 1.80. The van der Waals surface area contributed by atoms with E-state index in [1.165, 1.54) is 0 Å². The van der Waals surface area contributed by atoms with Gasteiger partial charge in [-0.1, -0.05) is 6.07 Å². The molecule has 0 radical (unpaired) electrons. The van der Waals surface area contributed by atoms with Crippen LogP contribution >= 0.6 is 0 Å². The molecule has 0 saturated heterocycles. The molecule has 64 valence electrons. The summed E-state index contributed by atoms with van der Waals surface area (Å²) < 4.78 is 0. The average Bonchev–Trinajstić information content (AvgIpc) is 2.04. The SMILES string of the molecule is Cc1ccc([C@H](C)C(=O)O)cn1. The minimum Gasteiger partial charge on any atom is -0.481 e. The van der Waals surface area contributed by atoms with Crippen LogP contribution in [0.3, 0.4) is 0 Å². The maximum absolute atomic E-state index is 10.6. The molecule has 1 heterocycles. The highest BCUT2D eigenvalue weighted by Crippen LogP contribution is 2.13. The Labute approximate surface area is 71.1 Å². The van der Waals surface area contributed by atoms with Crippen molar-refractivity contribution in [2.45, 2.75) is 19.8 Å². The highest BCUT2D eigenvalue weighted by Gasteiger charge is 2.12. The summed E-state index contributed by atoms with van der Waals surface area (Å²) in [5.41, 5.74) is 1.64. The molecule has 0 aromatic carbocycles. The Kier molecular flexibility index (Phi) is 2.43. The maximum Gasteiger partial charge on any atom is 0.310 e. The van der Waals surface area contributed by atoms with Gasteiger partial charge in [0.05, 0.1) is 5.92 Å². The number of rotatable bonds is 2. The van der Waals surface area contributed by atoms with E-state index in [2.05, 4.69) is 4.98 Å². The fourth-order valence-electron chi connectivity index (χ4n) is 0.878. The fourth-order valence-corrected chi connectivity index (χ4v) is 0.878. The van der Waals surface area contributed by atoms with Crippen LogP contribution in [0.15, 0.2) is 18.3 Å². The number of carbonyl (C=O) groups is 1. The molecule has 0 saturated carbocycles. The predicted molar refractivity (Wildman–Crippen MR) is 45.0 cm³/mol. The van der Waals surface area contributed by atoms with Gasteiger partial charge in [-0.3, -0.25) is 9.78 Å². The smallest absolute Gasteiger partial charge is 0.310 e. The Morgan fingerprint density at radius 2 is 2.25 bits per heavy atom. The van der Waals surface area contributed by atoms with Crippen molar-refractivity contribution in [1.82, 2.24) is 4.98 Å². The first kappa shape index (κ1) is 8.71. The van der Waals surface area contributed by atoms with Gasteiger partial charge < -0.3 is 5.11 Å². The zero-order chi connectivity index (χ0) is 9.14. The van der Waals surface area contributed by atoms with Crippen LogP contribution in [0.2, 0.25) is 0 Å². The van der Waals surface area contributed by atoms with Crippen molar-refractivity contribution in [2.75, 3.05) is 0 Å². The van der Waals surface area contributed by atoms with Gasteiger partial charge in [0.2, 0.25) is 0 Å². The molecule has 12 heavy (non-hydrogen) atoms. The number of carboxylic acid groups (broad SMARTS) is 1. The van der Waals surface area contributed by atoms with Crippen LogP contribution in [0.5, 0.6) is 0 Å². The van der Waals surface area contributed by atoms with E-state index >= 15 is 0 Å². The minimum atomic E-state index is -0.819. The normalized spacial score (nSPS) is 12.5. The number of aliphatic carboxylic acids is 1. The van der Waals surface area contributed by atoms with Gasteiger partial charge in [0, 0.05) is 11.9 Å². The quantitative estimate of drug-likeness (QED) is 0.723. The van der Waals surface area contributed by atoms with Crippen molar-refractivity contribution in [2.24, 2.45) is 0 Å². The number of aromatic nitrogens is 1. The molecule has 0 fully saturated rings. The second-order valence-electron chi connectivity index (χ2n) is 2.79. The molecule has 0 bridgehead atoms. The summed E-state index contributed by atoms with van der Waals surface area (Å²) in [5.74, 6) is -1.29. The second kappa shape index (κ2) is 3.34. The van der Waals surface area contributed by atoms with E-state index in [0.29, 0.717) is 0 Å². The molecule has 0 aliphatic rings. The van der Waals surface area contributed by atoms with Gasteiger partial charge in [-0.05, 0) is 25.5 Å². The van der Waals surface area contributed by atoms with Gasteiger partial charge >= 0.3 is 5.97 Å². The largest absolute Gasteiger partial charge is 0.481 e. The van der Waals surface area contributed by atoms with Crippen LogP contribution in [0, 0.1) is 6.92 Å². The Hall–Kier alpha value is -1.38. The molecule has 0 amide bonds. The number of pyridine rings is 1. The average molecular weight is 165 g/mol. The highest BCUT2D eigenvalue weighted by atomic mass is 16.4. The van der Waals surface area contributed by atoms with Crippen molar-refractivity contribution in [1.29, 1.82) is 0 Å². The summed E-state index contributed by atoms with van der Waals surface area (Å²) >= 11 is 0. The molecule has 1 aromatic rings. The van der Waals surface area contributed by atoms with Crippen molar-refractivity contribution in [3.05, 3.63) is 29.6 Å². The first-order valence-electron chi connectivity index (χ1n) is 3.76. The summed E-state index contributed by atoms with van der Waals surface area (Å²) in [7, 11) is 0. The Morgan fingerprint density at radius 1 is 1.58 bits per heavy atom. The summed E-state index contributed by atoms with van der Waals surface area (Å²) in [6, 6.07) is 3.61. The van der Waals surface area contributed by atoms with Crippen molar-refractivity contribution >= 4 is 5.97 Å². The number of aryl methyl sites for hydroxylation is 1. The monoisotopic (exact) mass is 165 g/mol. The standard InChI is InChI=1S/C9H11NO2/c1-6-3-4-8(5-10-6)7(2)9(11)12/h3-5,7H,1-2H3,(H,11,12)/t7-/m0/s1. The van der Waals surface area contributed by atoms with Gasteiger partial charge in [-0.25, -0.2) is 0 Å². The van der Waals surface area contributed by atoms with Crippen LogP contribution in [0.1, 0.15) is 24.1 Å². The lowest BCUT2D eigenvalue weighted by Gasteiger charge is -2.04. The fraction of sp³-hybridized carbons (Fsp3) is 0.333. The van der Waals surface area contributed by atoms with E-state index < -0.39 is 11.9 Å². The summed E-state index contributed by atoms with van der Waals surface area (Å²) in [6.45, 7) is 3.52.